The van der Waals surface area contributed by atoms with Gasteiger partial charge in [0.15, 0.2) is 0 Å². The average molecular weight is 305 g/mol. The smallest absolute Gasteiger partial charge is 0.0873 e. The van der Waals surface area contributed by atoms with Gasteiger partial charge in [-0.15, -0.1) is 0 Å². The van der Waals surface area contributed by atoms with Crippen molar-refractivity contribution in [3.63, 3.8) is 0 Å². The van der Waals surface area contributed by atoms with Crippen LogP contribution in [-0.2, 0) is 0 Å². The van der Waals surface area contributed by atoms with E-state index >= 15 is 0 Å². The highest BCUT2D eigenvalue weighted by Gasteiger charge is 2.21. The Hall–Kier alpha value is 0.788. The van der Waals surface area contributed by atoms with E-state index in [0.717, 1.165) is 6.04 Å². The fraction of sp³-hybridized carbons (Fsp3) is 1.00. The summed E-state index contributed by atoms with van der Waals surface area (Å²) < 4.78 is 5.95. The molecule has 0 bridgehead atoms. The van der Waals surface area contributed by atoms with Crippen molar-refractivity contribution in [2.75, 3.05) is 0 Å². The van der Waals surface area contributed by atoms with Crippen molar-refractivity contribution in [3.05, 3.63) is 0 Å². The molecular formula is C11H32N2Si4. The Kier molecular flexibility index (Phi) is 6.89. The zero-order valence-electron chi connectivity index (χ0n) is 12.6. The molecule has 1 heterocycles. The summed E-state index contributed by atoms with van der Waals surface area (Å²) in [6.07, 6.45) is 0. The molecule has 0 aromatic carbocycles. The van der Waals surface area contributed by atoms with Gasteiger partial charge in [-0.05, 0) is 32.4 Å². The third-order valence-electron chi connectivity index (χ3n) is 3.93. The third kappa shape index (κ3) is 5.97. The van der Waals surface area contributed by atoms with E-state index in [4.69, 9.17) is 0 Å². The highest BCUT2D eigenvalue weighted by atomic mass is 28.3. The van der Waals surface area contributed by atoms with E-state index in [9.17, 15) is 0 Å². The molecule has 0 N–H and O–H groups in total. The lowest BCUT2D eigenvalue weighted by Crippen LogP contribution is -2.47. The van der Waals surface area contributed by atoms with Gasteiger partial charge in [-0.25, -0.2) is 0 Å². The predicted molar refractivity (Wildman–Crippen MR) is 92.0 cm³/mol. The zero-order chi connectivity index (χ0) is 12.9. The minimum atomic E-state index is 0.0950. The van der Waals surface area contributed by atoms with Crippen molar-refractivity contribution in [3.8, 4) is 0 Å². The van der Waals surface area contributed by atoms with Crippen LogP contribution in [0, 0.1) is 0 Å². The largest absolute Gasteiger partial charge is 0.353 e. The van der Waals surface area contributed by atoms with Crippen molar-refractivity contribution < 1.29 is 0 Å². The first-order valence-electron chi connectivity index (χ1n) is 7.40. The second-order valence-corrected chi connectivity index (χ2v) is 16.3. The standard InChI is InChI=1S/C11H32N2Si4/c1-10(2)12-14-6-8-16-13(11(3,4)5)17-9-7-15-12/h10H,6-9,14-17H2,1-5H3. The molecule has 1 aliphatic rings. The number of nitrogens with zero attached hydrogens (tertiary/aromatic N) is 2. The van der Waals surface area contributed by atoms with Crippen LogP contribution in [0.4, 0.5) is 0 Å². The van der Waals surface area contributed by atoms with Crippen LogP contribution in [0.15, 0.2) is 0 Å². The van der Waals surface area contributed by atoms with Gasteiger partial charge in [0.05, 0.1) is 38.7 Å². The maximum atomic E-state index is 2.99. The lowest BCUT2D eigenvalue weighted by atomic mass is 10.1. The molecule has 1 fully saturated rings. The van der Waals surface area contributed by atoms with E-state index in [0.29, 0.717) is 5.54 Å². The maximum Gasteiger partial charge on any atom is 0.0873 e. The number of hydrogen-bond acceptors (Lipinski definition) is 2. The summed E-state index contributed by atoms with van der Waals surface area (Å²) in [4.78, 5) is 0. The van der Waals surface area contributed by atoms with E-state index in [1.165, 1.54) is 0 Å². The molecule has 0 unspecified atom stereocenters. The Morgan fingerprint density at radius 1 is 0.824 bits per heavy atom. The molecular weight excluding hydrogens is 272 g/mol. The summed E-state index contributed by atoms with van der Waals surface area (Å²) >= 11 is 0. The molecule has 0 aromatic heterocycles. The fourth-order valence-electron chi connectivity index (χ4n) is 2.65. The minimum absolute atomic E-state index is 0.0950. The molecule has 102 valence electrons. The topological polar surface area (TPSA) is 6.48 Å². The van der Waals surface area contributed by atoms with Crippen LogP contribution < -0.4 is 0 Å². The number of hydrogen-bond donors (Lipinski definition) is 0. The fourth-order valence-corrected chi connectivity index (χ4v) is 14.6. The van der Waals surface area contributed by atoms with Gasteiger partial charge in [0.25, 0.3) is 0 Å². The highest BCUT2D eigenvalue weighted by molar-refractivity contribution is 6.56. The summed E-state index contributed by atoms with van der Waals surface area (Å²) in [5, 5.41) is 0. The van der Waals surface area contributed by atoms with E-state index in [1.54, 1.807) is 24.2 Å². The van der Waals surface area contributed by atoms with Gasteiger partial charge in [0.2, 0.25) is 0 Å². The normalized spacial score (nSPS) is 28.6. The maximum absolute atomic E-state index is 2.99. The van der Waals surface area contributed by atoms with Crippen molar-refractivity contribution in [1.82, 2.24) is 8.46 Å². The molecule has 2 nitrogen and oxygen atoms in total. The molecule has 1 rings (SSSR count). The summed E-state index contributed by atoms with van der Waals surface area (Å²) in [6.45, 7) is 12.2. The zero-order valence-corrected chi connectivity index (χ0v) is 18.3. The number of rotatable bonds is 1. The molecule has 1 aliphatic heterocycles. The molecule has 0 aliphatic carbocycles. The van der Waals surface area contributed by atoms with Crippen LogP contribution >= 0.6 is 0 Å². The average Bonchev–Trinajstić information content (AvgIpc) is 2.23. The Bertz CT molecular complexity index is 206. The van der Waals surface area contributed by atoms with Crippen molar-refractivity contribution in [2.24, 2.45) is 0 Å². The first kappa shape index (κ1) is 15.8. The molecule has 0 amide bonds. The Morgan fingerprint density at radius 3 is 1.59 bits per heavy atom. The molecule has 1 saturated heterocycles. The van der Waals surface area contributed by atoms with Crippen LogP contribution in [-0.4, -0.2) is 58.8 Å². The highest BCUT2D eigenvalue weighted by Crippen LogP contribution is 2.15. The molecule has 0 saturated carbocycles. The van der Waals surface area contributed by atoms with Crippen LogP contribution in [0.25, 0.3) is 0 Å². The third-order valence-corrected chi connectivity index (χ3v) is 18.6. The summed E-state index contributed by atoms with van der Waals surface area (Å²) in [5.74, 6) is 0. The van der Waals surface area contributed by atoms with Crippen LogP contribution in [0.3, 0.4) is 0 Å². The second-order valence-electron chi connectivity index (χ2n) is 6.70. The quantitative estimate of drug-likeness (QED) is 0.620. The summed E-state index contributed by atoms with van der Waals surface area (Å²) in [6, 6.07) is 7.30. The van der Waals surface area contributed by atoms with Gasteiger partial charge < -0.3 is 8.46 Å². The molecule has 0 spiro atoms. The minimum Gasteiger partial charge on any atom is -0.353 e. The van der Waals surface area contributed by atoms with Gasteiger partial charge in [-0.2, -0.15) is 0 Å². The lowest BCUT2D eigenvalue weighted by Gasteiger charge is -2.37. The SMILES string of the molecule is CC(C)N1[SiH2]CC[SiH2]N(C(C)(C)C)[SiH2]CC[SiH2]1. The van der Waals surface area contributed by atoms with Crippen molar-refractivity contribution >= 4 is 38.7 Å². The summed E-state index contributed by atoms with van der Waals surface area (Å²) in [7, 11) is 0.455. The monoisotopic (exact) mass is 304 g/mol. The van der Waals surface area contributed by atoms with Gasteiger partial charge in [0, 0.05) is 0 Å². The first-order valence-corrected chi connectivity index (χ1v) is 13.9. The van der Waals surface area contributed by atoms with E-state index < -0.39 is 0 Å². The van der Waals surface area contributed by atoms with Gasteiger partial charge in [-0.1, -0.05) is 38.0 Å². The Morgan fingerprint density at radius 2 is 1.24 bits per heavy atom. The van der Waals surface area contributed by atoms with Crippen LogP contribution in [0.1, 0.15) is 34.6 Å². The van der Waals surface area contributed by atoms with Crippen LogP contribution in [0.5, 0.6) is 0 Å². The summed E-state index contributed by atoms with van der Waals surface area (Å²) in [5.41, 5.74) is 0.498. The van der Waals surface area contributed by atoms with Crippen molar-refractivity contribution in [1.29, 1.82) is 0 Å². The van der Waals surface area contributed by atoms with Crippen LogP contribution in [0.2, 0.25) is 24.2 Å². The molecule has 17 heavy (non-hydrogen) atoms. The molecule has 0 atom stereocenters. The molecule has 6 heteroatoms. The Balaban J connectivity index is 2.45. The predicted octanol–water partition coefficient (Wildman–Crippen LogP) is -0.181. The van der Waals surface area contributed by atoms with Crippen molar-refractivity contribution in [2.45, 2.75) is 70.4 Å². The van der Waals surface area contributed by atoms with E-state index in [-0.39, 0.29) is 38.7 Å². The van der Waals surface area contributed by atoms with Gasteiger partial charge in [0.1, 0.15) is 0 Å². The Labute approximate surface area is 118 Å². The molecule has 0 aromatic rings. The van der Waals surface area contributed by atoms with Gasteiger partial charge >= 0.3 is 0 Å². The second kappa shape index (κ2) is 7.39. The van der Waals surface area contributed by atoms with Gasteiger partial charge in [-0.3, -0.25) is 0 Å². The van der Waals surface area contributed by atoms with E-state index in [2.05, 4.69) is 43.1 Å². The first-order chi connectivity index (χ1) is 7.91. The lowest BCUT2D eigenvalue weighted by molar-refractivity contribution is 0.374. The molecule has 0 radical (unpaired) electrons. The van der Waals surface area contributed by atoms with E-state index in [1.807, 2.05) is 0 Å².